The minimum Gasteiger partial charge on any atom is -0.493 e. The van der Waals surface area contributed by atoms with E-state index in [0.717, 1.165) is 37.6 Å². The van der Waals surface area contributed by atoms with Gasteiger partial charge in [0.25, 0.3) is 0 Å². The zero-order valence-corrected chi connectivity index (χ0v) is 12.6. The second-order valence-electron chi connectivity index (χ2n) is 5.44. The molecule has 20 heavy (non-hydrogen) atoms. The maximum absolute atomic E-state index is 9.66. The van der Waals surface area contributed by atoms with Crippen molar-refractivity contribution in [3.05, 3.63) is 23.8 Å². The van der Waals surface area contributed by atoms with Crippen LogP contribution in [0.1, 0.15) is 25.8 Å². The lowest BCUT2D eigenvalue weighted by Gasteiger charge is -2.18. The highest BCUT2D eigenvalue weighted by molar-refractivity contribution is 5.43. The van der Waals surface area contributed by atoms with E-state index in [0.29, 0.717) is 12.5 Å². The first kappa shape index (κ1) is 15.1. The Kier molecular flexibility index (Phi) is 5.26. The molecule has 0 bridgehead atoms. The second kappa shape index (κ2) is 6.95. The van der Waals surface area contributed by atoms with Crippen LogP contribution < -0.4 is 9.47 Å². The highest BCUT2D eigenvalue weighted by atomic mass is 16.5. The minimum absolute atomic E-state index is 0.213. The summed E-state index contributed by atoms with van der Waals surface area (Å²) in [5.74, 6) is 1.98. The number of ether oxygens (including phenoxy) is 2. The monoisotopic (exact) mass is 279 g/mol. The van der Waals surface area contributed by atoms with Gasteiger partial charge in [-0.1, -0.05) is 6.07 Å². The Morgan fingerprint density at radius 3 is 2.80 bits per heavy atom. The third-order valence-electron chi connectivity index (χ3n) is 3.93. The first-order valence-electron chi connectivity index (χ1n) is 7.34. The van der Waals surface area contributed by atoms with Crippen molar-refractivity contribution in [1.82, 2.24) is 4.90 Å². The third kappa shape index (κ3) is 3.64. The molecule has 1 aliphatic heterocycles. The Labute approximate surface area is 121 Å². The summed E-state index contributed by atoms with van der Waals surface area (Å²) in [6.45, 7) is 7.40. The Hall–Kier alpha value is -1.26. The van der Waals surface area contributed by atoms with Crippen LogP contribution in [0.15, 0.2) is 18.2 Å². The standard InChI is InChI=1S/C16H25NO3/c1-4-20-16-9-13(5-6-15(16)19-3)10-17-8-7-14(11-17)12(2)18/h5-6,9,12,14,18H,4,7-8,10-11H2,1-3H3. The lowest BCUT2D eigenvalue weighted by molar-refractivity contribution is 0.127. The third-order valence-corrected chi connectivity index (χ3v) is 3.93. The van der Waals surface area contributed by atoms with Gasteiger partial charge in [-0.25, -0.2) is 0 Å². The second-order valence-corrected chi connectivity index (χ2v) is 5.44. The zero-order chi connectivity index (χ0) is 14.5. The van der Waals surface area contributed by atoms with E-state index in [4.69, 9.17) is 9.47 Å². The van der Waals surface area contributed by atoms with Crippen LogP contribution in [0, 0.1) is 5.92 Å². The number of rotatable bonds is 6. The van der Waals surface area contributed by atoms with E-state index >= 15 is 0 Å². The van der Waals surface area contributed by atoms with E-state index < -0.39 is 0 Å². The van der Waals surface area contributed by atoms with Crippen LogP contribution in [-0.2, 0) is 6.54 Å². The highest BCUT2D eigenvalue weighted by Crippen LogP contribution is 2.29. The average molecular weight is 279 g/mol. The van der Waals surface area contributed by atoms with Gasteiger partial charge in [0.1, 0.15) is 0 Å². The molecule has 0 spiro atoms. The van der Waals surface area contributed by atoms with Crippen LogP contribution in [0.2, 0.25) is 0 Å². The lowest BCUT2D eigenvalue weighted by atomic mass is 10.0. The van der Waals surface area contributed by atoms with E-state index in [9.17, 15) is 5.11 Å². The Morgan fingerprint density at radius 2 is 2.20 bits per heavy atom. The summed E-state index contributed by atoms with van der Waals surface area (Å²) in [6.07, 6.45) is 0.862. The predicted octanol–water partition coefficient (Wildman–Crippen LogP) is 2.30. The van der Waals surface area contributed by atoms with Crippen molar-refractivity contribution in [1.29, 1.82) is 0 Å². The van der Waals surface area contributed by atoms with Gasteiger partial charge in [0.15, 0.2) is 11.5 Å². The molecule has 1 saturated heterocycles. The van der Waals surface area contributed by atoms with E-state index in [1.54, 1.807) is 7.11 Å². The molecule has 2 rings (SSSR count). The number of methoxy groups -OCH3 is 1. The first-order chi connectivity index (χ1) is 9.63. The number of nitrogens with zero attached hydrogens (tertiary/aromatic N) is 1. The number of hydrogen-bond donors (Lipinski definition) is 1. The summed E-state index contributed by atoms with van der Waals surface area (Å²) in [4.78, 5) is 2.38. The van der Waals surface area contributed by atoms with Gasteiger partial charge >= 0.3 is 0 Å². The molecule has 4 heteroatoms. The normalized spacial score (nSPS) is 20.9. The predicted molar refractivity (Wildman–Crippen MR) is 79.2 cm³/mol. The molecule has 2 atom stereocenters. The van der Waals surface area contributed by atoms with Crippen LogP contribution in [0.25, 0.3) is 0 Å². The summed E-state index contributed by atoms with van der Waals surface area (Å²) < 4.78 is 10.9. The van der Waals surface area contributed by atoms with Crippen LogP contribution in [0.5, 0.6) is 11.5 Å². The van der Waals surface area contributed by atoms with Crippen molar-refractivity contribution in [2.24, 2.45) is 5.92 Å². The Morgan fingerprint density at radius 1 is 1.40 bits per heavy atom. The molecule has 4 nitrogen and oxygen atoms in total. The molecule has 0 aromatic heterocycles. The lowest BCUT2D eigenvalue weighted by Crippen LogP contribution is -2.23. The van der Waals surface area contributed by atoms with Gasteiger partial charge in [-0.05, 0) is 50.4 Å². The van der Waals surface area contributed by atoms with Gasteiger partial charge in [0.05, 0.1) is 19.8 Å². The molecule has 112 valence electrons. The molecule has 1 fully saturated rings. The summed E-state index contributed by atoms with van der Waals surface area (Å²) in [5.41, 5.74) is 1.22. The zero-order valence-electron chi connectivity index (χ0n) is 12.6. The van der Waals surface area contributed by atoms with Crippen LogP contribution in [0.3, 0.4) is 0 Å². The molecule has 0 radical (unpaired) electrons. The fraction of sp³-hybridized carbons (Fsp3) is 0.625. The smallest absolute Gasteiger partial charge is 0.161 e. The van der Waals surface area contributed by atoms with Crippen molar-refractivity contribution in [3.8, 4) is 11.5 Å². The molecule has 1 heterocycles. The quantitative estimate of drug-likeness (QED) is 0.867. The van der Waals surface area contributed by atoms with Crippen LogP contribution in [-0.4, -0.2) is 42.9 Å². The summed E-state index contributed by atoms with van der Waals surface area (Å²) in [7, 11) is 1.66. The molecule has 1 aliphatic rings. The molecule has 1 aromatic carbocycles. The van der Waals surface area contributed by atoms with Gasteiger partial charge < -0.3 is 14.6 Å². The van der Waals surface area contributed by atoms with E-state index in [1.807, 2.05) is 19.9 Å². The van der Waals surface area contributed by atoms with Gasteiger partial charge in [0, 0.05) is 13.1 Å². The molecule has 2 unspecified atom stereocenters. The molecule has 0 aliphatic carbocycles. The van der Waals surface area contributed by atoms with Gasteiger partial charge in [-0.2, -0.15) is 0 Å². The number of benzene rings is 1. The van der Waals surface area contributed by atoms with E-state index in [-0.39, 0.29) is 6.10 Å². The summed E-state index contributed by atoms with van der Waals surface area (Å²) in [5, 5.41) is 9.66. The number of hydrogen-bond acceptors (Lipinski definition) is 4. The Balaban J connectivity index is 2.01. The van der Waals surface area contributed by atoms with Crippen molar-refractivity contribution in [2.75, 3.05) is 26.8 Å². The minimum atomic E-state index is -0.213. The average Bonchev–Trinajstić information content (AvgIpc) is 2.88. The fourth-order valence-electron chi connectivity index (χ4n) is 2.75. The van der Waals surface area contributed by atoms with Crippen molar-refractivity contribution in [2.45, 2.75) is 32.9 Å². The largest absolute Gasteiger partial charge is 0.493 e. The van der Waals surface area contributed by atoms with Gasteiger partial charge in [-0.3, -0.25) is 4.90 Å². The molecular formula is C16H25NO3. The molecular weight excluding hydrogens is 254 g/mol. The molecule has 0 amide bonds. The molecule has 1 aromatic rings. The van der Waals surface area contributed by atoms with Gasteiger partial charge in [0.2, 0.25) is 0 Å². The number of aliphatic hydroxyl groups is 1. The first-order valence-corrected chi connectivity index (χ1v) is 7.34. The Bertz CT molecular complexity index is 434. The highest BCUT2D eigenvalue weighted by Gasteiger charge is 2.25. The van der Waals surface area contributed by atoms with E-state index in [1.165, 1.54) is 5.56 Å². The van der Waals surface area contributed by atoms with E-state index in [2.05, 4.69) is 17.0 Å². The van der Waals surface area contributed by atoms with Crippen LogP contribution >= 0.6 is 0 Å². The molecule has 1 N–H and O–H groups in total. The summed E-state index contributed by atoms with van der Waals surface area (Å²) in [6, 6.07) is 6.09. The number of aliphatic hydroxyl groups excluding tert-OH is 1. The maximum atomic E-state index is 9.66. The molecule has 0 saturated carbocycles. The van der Waals surface area contributed by atoms with Crippen molar-refractivity contribution >= 4 is 0 Å². The van der Waals surface area contributed by atoms with Crippen molar-refractivity contribution < 1.29 is 14.6 Å². The number of likely N-dealkylation sites (tertiary alicyclic amines) is 1. The van der Waals surface area contributed by atoms with Crippen LogP contribution in [0.4, 0.5) is 0 Å². The summed E-state index contributed by atoms with van der Waals surface area (Å²) >= 11 is 0. The fourth-order valence-corrected chi connectivity index (χ4v) is 2.75. The SMILES string of the molecule is CCOc1cc(CN2CCC(C(C)O)C2)ccc1OC. The van der Waals surface area contributed by atoms with Crippen molar-refractivity contribution in [3.63, 3.8) is 0 Å². The van der Waals surface area contributed by atoms with Gasteiger partial charge in [-0.15, -0.1) is 0 Å². The maximum Gasteiger partial charge on any atom is 0.161 e. The topological polar surface area (TPSA) is 41.9 Å².